The second-order valence-corrected chi connectivity index (χ2v) is 13.2. The number of hydrogen-bond donors (Lipinski definition) is 2. The van der Waals surface area contributed by atoms with E-state index < -0.39 is 11.9 Å². The number of aliphatic hydroxyl groups is 2. The number of rotatable bonds is 0. The maximum absolute atomic E-state index is 11.0. The van der Waals surface area contributed by atoms with Crippen LogP contribution >= 0.6 is 0 Å². The molecule has 13 atom stereocenters. The van der Waals surface area contributed by atoms with Crippen molar-refractivity contribution in [3.63, 3.8) is 0 Å². The molecule has 176 valence electrons. The molecule has 0 aromatic heterocycles. The summed E-state index contributed by atoms with van der Waals surface area (Å²) in [5, 5.41) is 21.3. The Bertz CT molecular complexity index is 726. The van der Waals surface area contributed by atoms with Crippen LogP contribution in [-0.2, 0) is 9.47 Å². The van der Waals surface area contributed by atoms with Crippen LogP contribution in [0.15, 0.2) is 0 Å². The van der Waals surface area contributed by atoms with Crippen LogP contribution in [0.4, 0.5) is 0 Å². The van der Waals surface area contributed by atoms with E-state index in [1.165, 1.54) is 32.1 Å². The van der Waals surface area contributed by atoms with Crippen LogP contribution in [0.2, 0.25) is 0 Å². The molecule has 2 heterocycles. The number of ether oxygens (including phenoxy) is 2. The van der Waals surface area contributed by atoms with Crippen molar-refractivity contribution >= 4 is 0 Å². The zero-order valence-corrected chi connectivity index (χ0v) is 20.1. The molecule has 0 aromatic rings. The van der Waals surface area contributed by atoms with E-state index in [1.807, 2.05) is 0 Å². The minimum absolute atomic E-state index is 0.0654. The van der Waals surface area contributed by atoms with Crippen LogP contribution in [0, 0.1) is 52.3 Å². The molecule has 0 bridgehead atoms. The summed E-state index contributed by atoms with van der Waals surface area (Å²) in [6.45, 7) is 10.3. The van der Waals surface area contributed by atoms with Gasteiger partial charge in [-0.15, -0.1) is 0 Å². The number of hydrogen-bond acceptors (Lipinski definition) is 4. The first-order valence-electron chi connectivity index (χ1n) is 13.4. The summed E-state index contributed by atoms with van der Waals surface area (Å²) in [5.41, 5.74) is 0.728. The molecular weight excluding hydrogens is 388 g/mol. The van der Waals surface area contributed by atoms with Crippen molar-refractivity contribution in [1.82, 2.24) is 0 Å². The largest absolute Gasteiger partial charge is 0.393 e. The highest BCUT2D eigenvalue weighted by Gasteiger charge is 2.70. The molecule has 4 heteroatoms. The summed E-state index contributed by atoms with van der Waals surface area (Å²) < 4.78 is 13.1. The van der Waals surface area contributed by atoms with Crippen LogP contribution in [-0.4, -0.2) is 40.9 Å². The van der Waals surface area contributed by atoms with Crippen molar-refractivity contribution in [2.45, 2.75) is 110 Å². The monoisotopic (exact) mass is 432 g/mol. The van der Waals surface area contributed by atoms with E-state index in [0.717, 1.165) is 43.4 Å². The molecular formula is C27H44O4. The Morgan fingerprint density at radius 2 is 1.61 bits per heavy atom. The molecule has 13 unspecified atom stereocenters. The average Bonchev–Trinajstić information content (AvgIpc) is 3.17. The fraction of sp³-hybridized carbons (Fsp3) is 1.00. The summed E-state index contributed by atoms with van der Waals surface area (Å²) in [5.74, 6) is 3.47. The van der Waals surface area contributed by atoms with Crippen molar-refractivity contribution in [2.75, 3.05) is 6.61 Å². The Labute approximate surface area is 188 Å². The summed E-state index contributed by atoms with van der Waals surface area (Å²) >= 11 is 0. The van der Waals surface area contributed by atoms with Gasteiger partial charge in [-0.1, -0.05) is 27.7 Å². The maximum Gasteiger partial charge on any atom is 0.197 e. The summed E-state index contributed by atoms with van der Waals surface area (Å²) in [6.07, 6.45) is 10.1. The molecule has 4 saturated carbocycles. The highest BCUT2D eigenvalue weighted by atomic mass is 16.7. The minimum atomic E-state index is -0.768. The minimum Gasteiger partial charge on any atom is -0.393 e. The standard InChI is InChI=1S/C27H44O4/c1-15-11-23(29)27(30-14-15)16(2)24-22(31-27)13-21-19-6-5-17-12-18(28)7-9-25(17,3)20(19)8-10-26(21,24)4/h15-24,28-29H,5-14H2,1-4H3. The van der Waals surface area contributed by atoms with E-state index in [0.29, 0.717) is 35.2 Å². The molecule has 4 nitrogen and oxygen atoms in total. The third-order valence-electron chi connectivity index (χ3n) is 11.9. The Morgan fingerprint density at radius 1 is 0.839 bits per heavy atom. The second-order valence-electron chi connectivity index (χ2n) is 13.2. The van der Waals surface area contributed by atoms with Crippen LogP contribution in [0.3, 0.4) is 0 Å². The van der Waals surface area contributed by atoms with Gasteiger partial charge in [0.25, 0.3) is 0 Å². The van der Waals surface area contributed by atoms with Crippen molar-refractivity contribution in [2.24, 2.45) is 52.3 Å². The quantitative estimate of drug-likeness (QED) is 0.579. The Morgan fingerprint density at radius 3 is 2.39 bits per heavy atom. The highest BCUT2D eigenvalue weighted by Crippen LogP contribution is 2.71. The molecule has 31 heavy (non-hydrogen) atoms. The molecule has 6 rings (SSSR count). The van der Waals surface area contributed by atoms with Gasteiger partial charge >= 0.3 is 0 Å². The first kappa shape index (κ1) is 21.4. The fourth-order valence-corrected chi connectivity index (χ4v) is 10.4. The SMILES string of the molecule is CC1COC2(OC3CC4C5CCC6CC(O)CCC6(C)C5CCC4(C)C3C2C)C(O)C1. The van der Waals surface area contributed by atoms with E-state index >= 15 is 0 Å². The van der Waals surface area contributed by atoms with Crippen LogP contribution in [0.5, 0.6) is 0 Å². The van der Waals surface area contributed by atoms with E-state index in [1.54, 1.807) is 0 Å². The predicted octanol–water partition coefficient (Wildman–Crippen LogP) is 4.76. The highest BCUT2D eigenvalue weighted by molar-refractivity contribution is 5.16. The van der Waals surface area contributed by atoms with Gasteiger partial charge in [0.1, 0.15) is 6.10 Å². The Kier molecular flexibility index (Phi) is 4.78. The van der Waals surface area contributed by atoms with Crippen molar-refractivity contribution < 1.29 is 19.7 Å². The molecule has 6 fully saturated rings. The normalized spacial score (nSPS) is 63.3. The zero-order chi connectivity index (χ0) is 21.8. The van der Waals surface area contributed by atoms with Gasteiger partial charge in [-0.05, 0) is 104 Å². The zero-order valence-electron chi connectivity index (χ0n) is 20.1. The van der Waals surface area contributed by atoms with Gasteiger partial charge in [-0.3, -0.25) is 0 Å². The van der Waals surface area contributed by atoms with Crippen LogP contribution < -0.4 is 0 Å². The second kappa shape index (κ2) is 6.93. The van der Waals surface area contributed by atoms with E-state index in [4.69, 9.17) is 9.47 Å². The van der Waals surface area contributed by atoms with Crippen molar-refractivity contribution in [3.05, 3.63) is 0 Å². The van der Waals surface area contributed by atoms with E-state index in [-0.39, 0.29) is 18.1 Å². The first-order valence-corrected chi connectivity index (χ1v) is 13.4. The summed E-state index contributed by atoms with van der Waals surface area (Å²) in [4.78, 5) is 0. The molecule has 4 aliphatic carbocycles. The topological polar surface area (TPSA) is 58.9 Å². The van der Waals surface area contributed by atoms with Crippen molar-refractivity contribution in [1.29, 1.82) is 0 Å². The maximum atomic E-state index is 11.0. The van der Waals surface area contributed by atoms with Gasteiger partial charge in [0.2, 0.25) is 0 Å². The molecule has 2 N–H and O–H groups in total. The first-order chi connectivity index (χ1) is 14.7. The van der Waals surface area contributed by atoms with Gasteiger partial charge in [-0.25, -0.2) is 0 Å². The van der Waals surface area contributed by atoms with Gasteiger partial charge in [0, 0.05) is 5.92 Å². The van der Waals surface area contributed by atoms with Crippen molar-refractivity contribution in [3.8, 4) is 0 Å². The Hall–Kier alpha value is -0.160. The van der Waals surface area contributed by atoms with Gasteiger partial charge in [0.15, 0.2) is 5.79 Å². The lowest BCUT2D eigenvalue weighted by Gasteiger charge is -2.61. The number of aliphatic hydroxyl groups excluding tert-OH is 2. The molecule has 0 amide bonds. The summed E-state index contributed by atoms with van der Waals surface area (Å²) in [6, 6.07) is 0. The predicted molar refractivity (Wildman–Crippen MR) is 119 cm³/mol. The smallest absolute Gasteiger partial charge is 0.197 e. The summed E-state index contributed by atoms with van der Waals surface area (Å²) in [7, 11) is 0. The van der Waals surface area contributed by atoms with Gasteiger partial charge in [0.05, 0.1) is 18.8 Å². The molecule has 1 spiro atoms. The van der Waals surface area contributed by atoms with Gasteiger partial charge in [-0.2, -0.15) is 0 Å². The number of fused-ring (bicyclic) bond motifs is 7. The van der Waals surface area contributed by atoms with Crippen LogP contribution in [0.1, 0.15) is 85.5 Å². The Balaban J connectivity index is 1.27. The third-order valence-corrected chi connectivity index (χ3v) is 11.9. The van der Waals surface area contributed by atoms with E-state index in [9.17, 15) is 10.2 Å². The lowest BCUT2D eigenvalue weighted by Crippen LogP contribution is -2.57. The molecule has 2 aliphatic heterocycles. The molecule has 0 radical (unpaired) electrons. The fourth-order valence-electron chi connectivity index (χ4n) is 10.4. The average molecular weight is 433 g/mol. The molecule has 2 saturated heterocycles. The van der Waals surface area contributed by atoms with Gasteiger partial charge < -0.3 is 19.7 Å². The van der Waals surface area contributed by atoms with E-state index in [2.05, 4.69) is 27.7 Å². The lowest BCUT2D eigenvalue weighted by atomic mass is 9.44. The molecule has 0 aromatic carbocycles. The molecule has 6 aliphatic rings. The third kappa shape index (κ3) is 2.74. The lowest BCUT2D eigenvalue weighted by molar-refractivity contribution is -0.316. The van der Waals surface area contributed by atoms with Crippen LogP contribution in [0.25, 0.3) is 0 Å².